The van der Waals surface area contributed by atoms with Crippen LogP contribution in [0.25, 0.3) is 6.08 Å². The Morgan fingerprint density at radius 2 is 2.10 bits per heavy atom. The first-order chi connectivity index (χ1) is 9.42. The van der Waals surface area contributed by atoms with Crippen LogP contribution in [0.2, 0.25) is 0 Å². The van der Waals surface area contributed by atoms with Crippen molar-refractivity contribution < 1.29 is 14.7 Å². The van der Waals surface area contributed by atoms with Crippen LogP contribution in [0.3, 0.4) is 0 Å². The molecule has 0 fully saturated rings. The van der Waals surface area contributed by atoms with Gasteiger partial charge in [-0.25, -0.2) is 4.79 Å². The quantitative estimate of drug-likeness (QED) is 0.791. The molecule has 20 heavy (non-hydrogen) atoms. The van der Waals surface area contributed by atoms with Gasteiger partial charge in [0.25, 0.3) is 5.91 Å². The van der Waals surface area contributed by atoms with Crippen LogP contribution in [0.1, 0.15) is 28.4 Å². The molecule has 1 unspecified atom stereocenters. The first-order valence-corrected chi connectivity index (χ1v) is 7.55. The first-order valence-electron chi connectivity index (χ1n) is 6.26. The van der Waals surface area contributed by atoms with E-state index in [9.17, 15) is 9.59 Å². The van der Waals surface area contributed by atoms with Gasteiger partial charge < -0.3 is 10.4 Å². The zero-order chi connectivity index (χ0) is 15.1. The summed E-state index contributed by atoms with van der Waals surface area (Å²) in [5.41, 5.74) is 2.17. The molecule has 0 spiro atoms. The van der Waals surface area contributed by atoms with Crippen molar-refractivity contribution in [3.8, 4) is 0 Å². The summed E-state index contributed by atoms with van der Waals surface area (Å²) in [6.45, 7) is 4.52. The molecule has 1 aromatic rings. The molecule has 1 rings (SSSR count). The molecule has 0 bridgehead atoms. The molecule has 5 heteroatoms. The molecule has 0 aliphatic carbocycles. The van der Waals surface area contributed by atoms with Gasteiger partial charge in [-0.2, -0.15) is 11.8 Å². The maximum atomic E-state index is 12.0. The largest absolute Gasteiger partial charge is 0.478 e. The molecule has 1 atom stereocenters. The smallest absolute Gasteiger partial charge is 0.328 e. The van der Waals surface area contributed by atoms with Gasteiger partial charge in [-0.3, -0.25) is 4.79 Å². The van der Waals surface area contributed by atoms with Crippen molar-refractivity contribution in [3.05, 3.63) is 41.0 Å². The number of hydrogen-bond acceptors (Lipinski definition) is 3. The van der Waals surface area contributed by atoms with E-state index in [1.54, 1.807) is 23.9 Å². The average molecular weight is 293 g/mol. The minimum absolute atomic E-state index is 0.139. The van der Waals surface area contributed by atoms with E-state index in [2.05, 4.69) is 5.32 Å². The van der Waals surface area contributed by atoms with Crippen LogP contribution in [0.4, 0.5) is 0 Å². The summed E-state index contributed by atoms with van der Waals surface area (Å²) < 4.78 is 0. The molecule has 108 valence electrons. The minimum Gasteiger partial charge on any atom is -0.478 e. The molecule has 0 aliphatic heterocycles. The highest BCUT2D eigenvalue weighted by Crippen LogP contribution is 2.12. The number of aliphatic carboxylic acids is 1. The zero-order valence-electron chi connectivity index (χ0n) is 11.8. The number of carboxylic acid groups (broad SMARTS) is 1. The van der Waals surface area contributed by atoms with E-state index in [0.29, 0.717) is 22.9 Å². The fourth-order valence-corrected chi connectivity index (χ4v) is 1.88. The van der Waals surface area contributed by atoms with Gasteiger partial charge in [-0.15, -0.1) is 0 Å². The molecule has 0 radical (unpaired) electrons. The lowest BCUT2D eigenvalue weighted by molar-refractivity contribution is -0.131. The Morgan fingerprint density at radius 1 is 1.40 bits per heavy atom. The fourth-order valence-electron chi connectivity index (χ4n) is 1.63. The van der Waals surface area contributed by atoms with Crippen LogP contribution >= 0.6 is 11.8 Å². The summed E-state index contributed by atoms with van der Waals surface area (Å²) in [5.74, 6) is -1.15. The highest BCUT2D eigenvalue weighted by Gasteiger charge is 2.08. The second-order valence-electron chi connectivity index (χ2n) is 4.56. The van der Waals surface area contributed by atoms with E-state index in [0.717, 1.165) is 11.6 Å². The second kappa shape index (κ2) is 7.75. The summed E-state index contributed by atoms with van der Waals surface area (Å²) in [6, 6.07) is 5.31. The highest BCUT2D eigenvalue weighted by molar-refractivity contribution is 7.99. The average Bonchev–Trinajstić information content (AvgIpc) is 2.41. The standard InChI is InChI=1S/C15H19NO3S/c1-10-6-12(4-5-14(17)18)8-13(7-10)15(19)16-9-11(2)20-3/h4-8,11H,9H2,1-3H3,(H,16,19)(H,17,18)/b5-4+. The van der Waals surface area contributed by atoms with Crippen LogP contribution in [0, 0.1) is 6.92 Å². The summed E-state index contributed by atoms with van der Waals surface area (Å²) in [7, 11) is 0. The molecular formula is C15H19NO3S. The molecule has 0 aromatic heterocycles. The lowest BCUT2D eigenvalue weighted by Gasteiger charge is -2.10. The van der Waals surface area contributed by atoms with Gasteiger partial charge in [-0.05, 0) is 42.5 Å². The van der Waals surface area contributed by atoms with Gasteiger partial charge in [-0.1, -0.05) is 13.0 Å². The van der Waals surface area contributed by atoms with Gasteiger partial charge in [0.15, 0.2) is 0 Å². The van der Waals surface area contributed by atoms with Crippen LogP contribution < -0.4 is 5.32 Å². The molecule has 1 amide bonds. The SMILES string of the molecule is CSC(C)CNC(=O)c1cc(C)cc(/C=C/C(=O)O)c1. The lowest BCUT2D eigenvalue weighted by atomic mass is 10.1. The van der Waals surface area contributed by atoms with Crippen molar-refractivity contribution in [3.63, 3.8) is 0 Å². The van der Waals surface area contributed by atoms with E-state index in [1.165, 1.54) is 6.08 Å². The number of hydrogen-bond donors (Lipinski definition) is 2. The summed E-state index contributed by atoms with van der Waals surface area (Å²) in [5, 5.41) is 11.9. The number of carboxylic acids is 1. The number of nitrogens with one attached hydrogen (secondary N) is 1. The Balaban J connectivity index is 2.84. The van der Waals surface area contributed by atoms with Crippen molar-refractivity contribution in [2.24, 2.45) is 0 Å². The Bertz CT molecular complexity index is 526. The number of benzene rings is 1. The topological polar surface area (TPSA) is 66.4 Å². The number of carbonyl (C=O) groups is 2. The predicted octanol–water partition coefficient (Wildman–Crippen LogP) is 2.57. The van der Waals surface area contributed by atoms with E-state index >= 15 is 0 Å². The molecule has 4 nitrogen and oxygen atoms in total. The molecule has 0 saturated carbocycles. The summed E-state index contributed by atoms with van der Waals surface area (Å²) in [4.78, 5) is 22.6. The lowest BCUT2D eigenvalue weighted by Crippen LogP contribution is -2.29. The molecule has 0 heterocycles. The van der Waals surface area contributed by atoms with Crippen molar-refractivity contribution in [2.75, 3.05) is 12.8 Å². The number of thioether (sulfide) groups is 1. The number of amides is 1. The van der Waals surface area contributed by atoms with Crippen molar-refractivity contribution in [2.45, 2.75) is 19.1 Å². The van der Waals surface area contributed by atoms with Gasteiger partial charge in [0, 0.05) is 23.4 Å². The maximum Gasteiger partial charge on any atom is 0.328 e. The van der Waals surface area contributed by atoms with E-state index < -0.39 is 5.97 Å². The van der Waals surface area contributed by atoms with Crippen LogP contribution in [0.15, 0.2) is 24.3 Å². The Labute approximate surface area is 123 Å². The van der Waals surface area contributed by atoms with E-state index in [-0.39, 0.29) is 5.91 Å². The predicted molar refractivity (Wildman–Crippen MR) is 83.2 cm³/mol. The van der Waals surface area contributed by atoms with E-state index in [1.807, 2.05) is 26.2 Å². The van der Waals surface area contributed by atoms with Crippen molar-refractivity contribution in [1.82, 2.24) is 5.32 Å². The molecular weight excluding hydrogens is 274 g/mol. The molecule has 2 N–H and O–H groups in total. The van der Waals surface area contributed by atoms with Crippen LogP contribution in [-0.4, -0.2) is 35.0 Å². The van der Waals surface area contributed by atoms with Gasteiger partial charge >= 0.3 is 5.97 Å². The van der Waals surface area contributed by atoms with Gasteiger partial charge in [0.2, 0.25) is 0 Å². The van der Waals surface area contributed by atoms with Gasteiger partial charge in [0.05, 0.1) is 0 Å². The van der Waals surface area contributed by atoms with Gasteiger partial charge in [0.1, 0.15) is 0 Å². The molecule has 0 aliphatic rings. The third kappa shape index (κ3) is 5.48. The van der Waals surface area contributed by atoms with Crippen LogP contribution in [-0.2, 0) is 4.79 Å². The summed E-state index contributed by atoms with van der Waals surface area (Å²) >= 11 is 1.69. The van der Waals surface area contributed by atoms with Crippen LogP contribution in [0.5, 0.6) is 0 Å². The number of rotatable bonds is 6. The molecule has 0 saturated heterocycles. The maximum absolute atomic E-state index is 12.0. The first kappa shape index (κ1) is 16.3. The summed E-state index contributed by atoms with van der Waals surface area (Å²) in [6.07, 6.45) is 4.54. The fraction of sp³-hybridized carbons (Fsp3) is 0.333. The normalized spacial score (nSPS) is 12.3. The monoisotopic (exact) mass is 293 g/mol. The minimum atomic E-state index is -1.01. The Hall–Kier alpha value is -1.75. The second-order valence-corrected chi connectivity index (χ2v) is 5.84. The Morgan fingerprint density at radius 3 is 2.70 bits per heavy atom. The van der Waals surface area contributed by atoms with E-state index in [4.69, 9.17) is 5.11 Å². The van der Waals surface area contributed by atoms with Crippen molar-refractivity contribution in [1.29, 1.82) is 0 Å². The third-order valence-corrected chi connectivity index (χ3v) is 3.70. The Kier molecular flexibility index (Phi) is 6.31. The number of aryl methyl sites for hydroxylation is 1. The van der Waals surface area contributed by atoms with Crippen molar-refractivity contribution >= 4 is 29.7 Å². The zero-order valence-corrected chi connectivity index (χ0v) is 12.7. The molecule has 1 aromatic carbocycles. The highest BCUT2D eigenvalue weighted by atomic mass is 32.2. The number of carbonyl (C=O) groups excluding carboxylic acids is 1. The third-order valence-electron chi connectivity index (χ3n) is 2.73.